The van der Waals surface area contributed by atoms with E-state index in [2.05, 4.69) is 15.3 Å². The van der Waals surface area contributed by atoms with Crippen molar-refractivity contribution in [2.45, 2.75) is 12.5 Å². The van der Waals surface area contributed by atoms with Gasteiger partial charge in [0.1, 0.15) is 11.3 Å². The van der Waals surface area contributed by atoms with Gasteiger partial charge in [-0.15, -0.1) is 0 Å². The molecule has 2 N–H and O–H groups in total. The molecule has 1 aromatic heterocycles. The quantitative estimate of drug-likeness (QED) is 0.753. The van der Waals surface area contributed by atoms with Gasteiger partial charge in [0.05, 0.1) is 12.7 Å². The number of hydrogen-bond donors (Lipinski definition) is 2. The lowest BCUT2D eigenvalue weighted by Crippen LogP contribution is -2.38. The first-order chi connectivity index (χ1) is 12.1. The van der Waals surface area contributed by atoms with Gasteiger partial charge in [-0.1, -0.05) is 54.6 Å². The number of carbonyl (C=O) groups is 1. The molecule has 25 heavy (non-hydrogen) atoms. The summed E-state index contributed by atoms with van der Waals surface area (Å²) in [5.41, 5.74) is 1.95. The van der Waals surface area contributed by atoms with Gasteiger partial charge >= 0.3 is 0 Å². The minimum atomic E-state index is -1.19. The fourth-order valence-corrected chi connectivity index (χ4v) is 2.51. The Kier molecular flexibility index (Phi) is 4.86. The molecule has 0 radical (unpaired) electrons. The van der Waals surface area contributed by atoms with Crippen molar-refractivity contribution in [3.63, 3.8) is 0 Å². The normalized spacial score (nSPS) is 13.0. The fraction of sp³-hybridized carbons (Fsp3) is 0.150. The third-order valence-corrected chi connectivity index (χ3v) is 4.00. The van der Waals surface area contributed by atoms with Gasteiger partial charge in [0.2, 0.25) is 0 Å². The Balaban J connectivity index is 1.68. The van der Waals surface area contributed by atoms with Gasteiger partial charge in [-0.05, 0) is 23.6 Å². The molecule has 3 aromatic rings. The highest BCUT2D eigenvalue weighted by Crippen LogP contribution is 2.24. The number of rotatable bonds is 5. The monoisotopic (exact) mass is 333 g/mol. The van der Waals surface area contributed by atoms with E-state index in [-0.39, 0.29) is 18.1 Å². The minimum Gasteiger partial charge on any atom is -0.384 e. The van der Waals surface area contributed by atoms with E-state index in [9.17, 15) is 9.90 Å². The van der Waals surface area contributed by atoms with E-state index in [1.165, 1.54) is 18.6 Å². The largest absolute Gasteiger partial charge is 0.384 e. The topological polar surface area (TPSA) is 75.1 Å². The van der Waals surface area contributed by atoms with Crippen molar-refractivity contribution in [2.75, 3.05) is 6.54 Å². The standard InChI is InChI=1S/C20H19N3O2/c1-20(25,14-23-19(24)18-13-21-11-12-22-18)17-9-7-16(8-10-17)15-5-3-2-4-6-15/h2-13,25H,14H2,1H3,(H,23,24). The number of hydrogen-bond acceptors (Lipinski definition) is 4. The SMILES string of the molecule is CC(O)(CNC(=O)c1cnccn1)c1ccc(-c2ccccc2)cc1. The molecule has 1 unspecified atom stereocenters. The molecule has 0 aliphatic carbocycles. The Hall–Kier alpha value is -3.05. The van der Waals surface area contributed by atoms with E-state index < -0.39 is 5.60 Å². The molecule has 0 aliphatic rings. The molecule has 1 heterocycles. The maximum atomic E-state index is 12.0. The number of benzene rings is 2. The maximum absolute atomic E-state index is 12.0. The highest BCUT2D eigenvalue weighted by Gasteiger charge is 2.24. The first-order valence-corrected chi connectivity index (χ1v) is 7.99. The van der Waals surface area contributed by atoms with Gasteiger partial charge in [-0.2, -0.15) is 0 Å². The molecule has 126 valence electrons. The van der Waals surface area contributed by atoms with Gasteiger partial charge in [0.15, 0.2) is 0 Å². The van der Waals surface area contributed by atoms with Crippen LogP contribution in [-0.2, 0) is 5.60 Å². The molecular weight excluding hydrogens is 314 g/mol. The van der Waals surface area contributed by atoms with Crippen LogP contribution in [0.15, 0.2) is 73.2 Å². The van der Waals surface area contributed by atoms with Crippen LogP contribution < -0.4 is 5.32 Å². The zero-order valence-corrected chi connectivity index (χ0v) is 13.9. The van der Waals surface area contributed by atoms with Gasteiger partial charge in [0, 0.05) is 12.4 Å². The fourth-order valence-electron chi connectivity index (χ4n) is 2.51. The van der Waals surface area contributed by atoms with Gasteiger partial charge in [-0.3, -0.25) is 9.78 Å². The lowest BCUT2D eigenvalue weighted by molar-refractivity contribution is 0.0525. The Morgan fingerprint density at radius 1 is 1.04 bits per heavy atom. The van der Waals surface area contributed by atoms with Gasteiger partial charge in [0.25, 0.3) is 5.91 Å². The molecule has 5 heteroatoms. The molecule has 0 saturated heterocycles. The van der Waals surface area contributed by atoms with Crippen molar-refractivity contribution in [3.05, 3.63) is 84.4 Å². The van der Waals surface area contributed by atoms with E-state index in [0.717, 1.165) is 16.7 Å². The zero-order valence-electron chi connectivity index (χ0n) is 13.9. The Morgan fingerprint density at radius 2 is 1.72 bits per heavy atom. The Morgan fingerprint density at radius 3 is 2.36 bits per heavy atom. The van der Waals surface area contributed by atoms with Gasteiger partial charge < -0.3 is 10.4 Å². The molecule has 0 fully saturated rings. The lowest BCUT2D eigenvalue weighted by Gasteiger charge is -2.24. The van der Waals surface area contributed by atoms with Crippen molar-refractivity contribution in [1.29, 1.82) is 0 Å². The first kappa shape index (κ1) is 16.8. The van der Waals surface area contributed by atoms with Crippen LogP contribution in [0.4, 0.5) is 0 Å². The molecule has 1 amide bonds. The second-order valence-corrected chi connectivity index (χ2v) is 5.99. The number of amides is 1. The van der Waals surface area contributed by atoms with Crippen molar-refractivity contribution < 1.29 is 9.90 Å². The predicted molar refractivity (Wildman–Crippen MR) is 95.8 cm³/mol. The number of carbonyl (C=O) groups excluding carboxylic acids is 1. The van der Waals surface area contributed by atoms with Crippen LogP contribution in [0.1, 0.15) is 23.0 Å². The number of nitrogens with one attached hydrogen (secondary N) is 1. The van der Waals surface area contributed by atoms with Crippen LogP contribution in [0.3, 0.4) is 0 Å². The molecule has 0 aliphatic heterocycles. The maximum Gasteiger partial charge on any atom is 0.271 e. The number of nitrogens with zero attached hydrogens (tertiary/aromatic N) is 2. The lowest BCUT2D eigenvalue weighted by atomic mass is 9.93. The second-order valence-electron chi connectivity index (χ2n) is 5.99. The first-order valence-electron chi connectivity index (χ1n) is 7.99. The highest BCUT2D eigenvalue weighted by atomic mass is 16.3. The summed E-state index contributed by atoms with van der Waals surface area (Å²) in [6, 6.07) is 17.7. The summed E-state index contributed by atoms with van der Waals surface area (Å²) in [7, 11) is 0. The molecule has 0 bridgehead atoms. The molecule has 3 rings (SSSR count). The van der Waals surface area contributed by atoms with E-state index in [4.69, 9.17) is 0 Å². The van der Waals surface area contributed by atoms with E-state index in [1.54, 1.807) is 6.92 Å². The zero-order chi connectivity index (χ0) is 17.7. The van der Waals surface area contributed by atoms with E-state index in [1.807, 2.05) is 54.6 Å². The summed E-state index contributed by atoms with van der Waals surface area (Å²) in [5, 5.41) is 13.4. The van der Waals surface area contributed by atoms with Crippen LogP contribution in [0.5, 0.6) is 0 Å². The van der Waals surface area contributed by atoms with Crippen molar-refractivity contribution >= 4 is 5.91 Å². The number of aromatic nitrogens is 2. The van der Waals surface area contributed by atoms with Crippen LogP contribution in [0.25, 0.3) is 11.1 Å². The third kappa shape index (κ3) is 4.08. The van der Waals surface area contributed by atoms with Crippen molar-refractivity contribution in [3.8, 4) is 11.1 Å². The van der Waals surface area contributed by atoms with Crippen LogP contribution in [-0.4, -0.2) is 27.5 Å². The summed E-state index contributed by atoms with van der Waals surface area (Å²) in [5.74, 6) is -0.366. The Labute approximate surface area is 146 Å². The molecule has 0 spiro atoms. The summed E-state index contributed by atoms with van der Waals surface area (Å²) in [4.78, 5) is 19.8. The molecule has 5 nitrogen and oxygen atoms in total. The average Bonchev–Trinajstić information content (AvgIpc) is 2.68. The van der Waals surface area contributed by atoms with Gasteiger partial charge in [-0.25, -0.2) is 4.98 Å². The molecular formula is C20H19N3O2. The summed E-state index contributed by atoms with van der Waals surface area (Å²) in [6.07, 6.45) is 4.34. The van der Waals surface area contributed by atoms with Crippen molar-refractivity contribution in [1.82, 2.24) is 15.3 Å². The summed E-state index contributed by atoms with van der Waals surface area (Å²) >= 11 is 0. The van der Waals surface area contributed by atoms with Crippen molar-refractivity contribution in [2.24, 2.45) is 0 Å². The van der Waals surface area contributed by atoms with Crippen LogP contribution in [0.2, 0.25) is 0 Å². The van der Waals surface area contributed by atoms with E-state index >= 15 is 0 Å². The molecule has 0 saturated carbocycles. The third-order valence-electron chi connectivity index (χ3n) is 4.00. The van der Waals surface area contributed by atoms with E-state index in [0.29, 0.717) is 0 Å². The average molecular weight is 333 g/mol. The molecule has 1 atom stereocenters. The minimum absolute atomic E-state index is 0.0765. The van der Waals surface area contributed by atoms with Crippen LogP contribution >= 0.6 is 0 Å². The van der Waals surface area contributed by atoms with Crippen LogP contribution in [0, 0.1) is 0 Å². The summed E-state index contributed by atoms with van der Waals surface area (Å²) < 4.78 is 0. The predicted octanol–water partition coefficient (Wildman–Crippen LogP) is 2.78. The number of aliphatic hydroxyl groups is 1. The summed E-state index contributed by atoms with van der Waals surface area (Å²) in [6.45, 7) is 1.74. The molecule has 2 aromatic carbocycles. The second kappa shape index (κ2) is 7.23. The smallest absolute Gasteiger partial charge is 0.271 e. The highest BCUT2D eigenvalue weighted by molar-refractivity contribution is 5.91. The Bertz CT molecular complexity index is 832.